The molecule has 122 valence electrons. The van der Waals surface area contributed by atoms with Crippen molar-refractivity contribution < 1.29 is 9.90 Å². The molecule has 0 fully saturated rings. The standard InChI is InChI=1S/C16H16N6O2/c17-13-12-11(8-20-14(12)22-16(18)21-13)7-19-6-5-9-1-3-10(4-2-9)15(23)24/h1-4,7-8H,5-6H2,(H,23,24)(H5,17,18,20,21,22). The molecule has 1 aromatic carbocycles. The van der Waals surface area contributed by atoms with Gasteiger partial charge in [0.1, 0.15) is 11.5 Å². The predicted octanol–water partition coefficient (Wildman–Crippen LogP) is 1.48. The largest absolute Gasteiger partial charge is 0.478 e. The number of nitrogens with two attached hydrogens (primary N) is 2. The molecule has 0 aliphatic carbocycles. The molecule has 0 spiro atoms. The van der Waals surface area contributed by atoms with Crippen LogP contribution in [-0.2, 0) is 6.42 Å². The van der Waals surface area contributed by atoms with Crippen molar-refractivity contribution in [1.82, 2.24) is 15.0 Å². The number of nitrogens with one attached hydrogen (secondary N) is 1. The molecule has 6 N–H and O–H groups in total. The Labute approximate surface area is 137 Å². The molecular weight excluding hydrogens is 308 g/mol. The van der Waals surface area contributed by atoms with Gasteiger partial charge < -0.3 is 21.6 Å². The Bertz CT molecular complexity index is 914. The van der Waals surface area contributed by atoms with E-state index in [1.807, 2.05) is 0 Å². The first-order chi connectivity index (χ1) is 11.5. The second-order valence-corrected chi connectivity index (χ2v) is 5.22. The van der Waals surface area contributed by atoms with Gasteiger partial charge in [-0.1, -0.05) is 12.1 Å². The van der Waals surface area contributed by atoms with Crippen molar-refractivity contribution in [3.05, 3.63) is 47.2 Å². The van der Waals surface area contributed by atoms with Crippen LogP contribution in [0.15, 0.2) is 35.5 Å². The Morgan fingerprint density at radius 3 is 2.71 bits per heavy atom. The van der Waals surface area contributed by atoms with Crippen LogP contribution in [0.3, 0.4) is 0 Å². The third kappa shape index (κ3) is 3.17. The highest BCUT2D eigenvalue weighted by atomic mass is 16.4. The molecule has 8 nitrogen and oxygen atoms in total. The topological polar surface area (TPSA) is 143 Å². The molecule has 0 saturated carbocycles. The summed E-state index contributed by atoms with van der Waals surface area (Å²) in [4.78, 5) is 26.2. The lowest BCUT2D eigenvalue weighted by Crippen LogP contribution is -2.00. The SMILES string of the molecule is Nc1nc(N)c2c(C=NCCc3ccc(C(=O)O)cc3)c[nH]c2n1. The maximum atomic E-state index is 10.8. The average molecular weight is 324 g/mol. The molecule has 8 heteroatoms. The molecular formula is C16H16N6O2. The molecule has 0 atom stereocenters. The van der Waals surface area contributed by atoms with Crippen molar-refractivity contribution in [2.24, 2.45) is 4.99 Å². The van der Waals surface area contributed by atoms with Crippen LogP contribution in [0.5, 0.6) is 0 Å². The molecule has 0 aliphatic heterocycles. The number of aliphatic imine (C=N–C) groups is 1. The number of rotatable bonds is 5. The first kappa shape index (κ1) is 15.5. The zero-order valence-corrected chi connectivity index (χ0v) is 12.7. The number of hydrogen-bond donors (Lipinski definition) is 4. The highest BCUT2D eigenvalue weighted by molar-refractivity contribution is 6.03. The van der Waals surface area contributed by atoms with Crippen molar-refractivity contribution in [1.29, 1.82) is 0 Å². The number of carboxylic acids is 1. The number of anilines is 2. The number of nitrogen functional groups attached to an aromatic ring is 2. The lowest BCUT2D eigenvalue weighted by atomic mass is 10.1. The number of H-pyrrole nitrogens is 1. The van der Waals surface area contributed by atoms with Crippen molar-refractivity contribution in [2.75, 3.05) is 18.0 Å². The molecule has 24 heavy (non-hydrogen) atoms. The van der Waals surface area contributed by atoms with E-state index >= 15 is 0 Å². The molecule has 0 amide bonds. The van der Waals surface area contributed by atoms with Crippen LogP contribution in [-0.4, -0.2) is 38.8 Å². The summed E-state index contributed by atoms with van der Waals surface area (Å²) in [6.45, 7) is 0.564. The summed E-state index contributed by atoms with van der Waals surface area (Å²) in [5.74, 6) is -0.501. The summed E-state index contributed by atoms with van der Waals surface area (Å²) in [5.41, 5.74) is 14.1. The van der Waals surface area contributed by atoms with E-state index in [1.165, 1.54) is 0 Å². The minimum atomic E-state index is -0.931. The van der Waals surface area contributed by atoms with E-state index < -0.39 is 5.97 Å². The van der Waals surface area contributed by atoms with Crippen molar-refractivity contribution in [2.45, 2.75) is 6.42 Å². The monoisotopic (exact) mass is 324 g/mol. The molecule has 0 saturated heterocycles. The minimum Gasteiger partial charge on any atom is -0.478 e. The summed E-state index contributed by atoms with van der Waals surface area (Å²) < 4.78 is 0. The van der Waals surface area contributed by atoms with Crippen molar-refractivity contribution >= 4 is 35.0 Å². The zero-order chi connectivity index (χ0) is 17.1. The number of aromatic carboxylic acids is 1. The Morgan fingerprint density at radius 2 is 2.00 bits per heavy atom. The quantitative estimate of drug-likeness (QED) is 0.523. The van der Waals surface area contributed by atoms with E-state index in [1.54, 1.807) is 36.7 Å². The average Bonchev–Trinajstić information content (AvgIpc) is 2.95. The molecule has 0 radical (unpaired) electrons. The van der Waals surface area contributed by atoms with Crippen LogP contribution in [0, 0.1) is 0 Å². The number of carbonyl (C=O) groups is 1. The van der Waals surface area contributed by atoms with Crippen LogP contribution < -0.4 is 11.5 Å². The molecule has 0 unspecified atom stereocenters. The fraction of sp³-hybridized carbons (Fsp3) is 0.125. The van der Waals surface area contributed by atoms with Gasteiger partial charge in [0.25, 0.3) is 0 Å². The van der Waals surface area contributed by atoms with Gasteiger partial charge in [0.15, 0.2) is 0 Å². The van der Waals surface area contributed by atoms with Gasteiger partial charge >= 0.3 is 5.97 Å². The first-order valence-electron chi connectivity index (χ1n) is 7.26. The van der Waals surface area contributed by atoms with Gasteiger partial charge in [0.2, 0.25) is 5.95 Å². The highest BCUT2D eigenvalue weighted by Crippen LogP contribution is 2.21. The molecule has 3 rings (SSSR count). The normalized spacial score (nSPS) is 11.3. The van der Waals surface area contributed by atoms with Crippen molar-refractivity contribution in [3.8, 4) is 0 Å². The number of hydrogen-bond acceptors (Lipinski definition) is 6. The van der Waals surface area contributed by atoms with Gasteiger partial charge in [-0.25, -0.2) is 4.79 Å². The van der Waals surface area contributed by atoms with Crippen LogP contribution in [0.25, 0.3) is 11.0 Å². The summed E-state index contributed by atoms with van der Waals surface area (Å²) in [6.07, 6.45) is 4.17. The molecule has 0 bridgehead atoms. The number of benzene rings is 1. The third-order valence-electron chi connectivity index (χ3n) is 3.57. The van der Waals surface area contributed by atoms with Gasteiger partial charge in [0.05, 0.1) is 10.9 Å². The van der Waals surface area contributed by atoms with E-state index in [2.05, 4.69) is 19.9 Å². The fourth-order valence-corrected chi connectivity index (χ4v) is 2.38. The fourth-order valence-electron chi connectivity index (χ4n) is 2.38. The van der Waals surface area contributed by atoms with Crippen LogP contribution in [0.1, 0.15) is 21.5 Å². The van der Waals surface area contributed by atoms with Gasteiger partial charge in [-0.2, -0.15) is 9.97 Å². The van der Waals surface area contributed by atoms with Crippen LogP contribution in [0.4, 0.5) is 11.8 Å². The molecule has 2 aromatic heterocycles. The van der Waals surface area contributed by atoms with E-state index in [0.717, 1.165) is 11.1 Å². The summed E-state index contributed by atoms with van der Waals surface area (Å²) in [5, 5.41) is 9.56. The summed E-state index contributed by atoms with van der Waals surface area (Å²) in [6, 6.07) is 6.76. The number of carboxylic acid groups (broad SMARTS) is 1. The van der Waals surface area contributed by atoms with E-state index in [0.29, 0.717) is 29.8 Å². The molecule has 3 aromatic rings. The number of nitrogens with zero attached hydrogens (tertiary/aromatic N) is 3. The third-order valence-corrected chi connectivity index (χ3v) is 3.57. The van der Waals surface area contributed by atoms with Gasteiger partial charge in [-0.3, -0.25) is 4.99 Å². The van der Waals surface area contributed by atoms with Gasteiger partial charge in [-0.05, 0) is 24.1 Å². The first-order valence-corrected chi connectivity index (χ1v) is 7.26. The second-order valence-electron chi connectivity index (χ2n) is 5.22. The van der Waals surface area contributed by atoms with Gasteiger partial charge in [-0.15, -0.1) is 0 Å². The lowest BCUT2D eigenvalue weighted by molar-refractivity contribution is 0.0697. The summed E-state index contributed by atoms with van der Waals surface area (Å²) >= 11 is 0. The van der Waals surface area contributed by atoms with E-state index in [9.17, 15) is 4.79 Å². The second kappa shape index (κ2) is 6.37. The Morgan fingerprint density at radius 1 is 1.25 bits per heavy atom. The predicted molar refractivity (Wildman–Crippen MR) is 92.3 cm³/mol. The van der Waals surface area contributed by atoms with E-state index in [4.69, 9.17) is 16.6 Å². The van der Waals surface area contributed by atoms with Crippen LogP contribution >= 0.6 is 0 Å². The van der Waals surface area contributed by atoms with Crippen LogP contribution in [0.2, 0.25) is 0 Å². The van der Waals surface area contributed by atoms with Crippen molar-refractivity contribution in [3.63, 3.8) is 0 Å². The highest BCUT2D eigenvalue weighted by Gasteiger charge is 2.09. The Balaban J connectivity index is 1.67. The maximum absolute atomic E-state index is 10.8. The lowest BCUT2D eigenvalue weighted by Gasteiger charge is -2.00. The van der Waals surface area contributed by atoms with Gasteiger partial charge in [0, 0.05) is 24.5 Å². The number of aromatic nitrogens is 3. The Kier molecular flexibility index (Phi) is 4.11. The number of aromatic amines is 1. The number of fused-ring (bicyclic) bond motifs is 1. The Hall–Kier alpha value is -3.42. The zero-order valence-electron chi connectivity index (χ0n) is 12.7. The molecule has 0 aliphatic rings. The summed E-state index contributed by atoms with van der Waals surface area (Å²) in [7, 11) is 0. The maximum Gasteiger partial charge on any atom is 0.335 e. The molecule has 2 heterocycles. The minimum absolute atomic E-state index is 0.121. The smallest absolute Gasteiger partial charge is 0.335 e. The van der Waals surface area contributed by atoms with E-state index in [-0.39, 0.29) is 11.5 Å².